The number of anilines is 1. The second-order valence-electron chi connectivity index (χ2n) is 3.59. The molecule has 0 amide bonds. The molecule has 5 nitrogen and oxygen atoms in total. The molecule has 0 heterocycles. The predicted octanol–water partition coefficient (Wildman–Crippen LogP) is 1.62. The SMILES string of the molecule is CCCOC(=O)c1ccc(NS(C)(=O)=O)cc1. The molecule has 1 rings (SSSR count). The topological polar surface area (TPSA) is 72.5 Å². The Balaban J connectivity index is 2.71. The number of benzene rings is 1. The van der Waals surface area contributed by atoms with Gasteiger partial charge in [0.25, 0.3) is 0 Å². The number of hydrogen-bond acceptors (Lipinski definition) is 4. The van der Waals surface area contributed by atoms with Gasteiger partial charge >= 0.3 is 5.97 Å². The molecule has 0 aliphatic rings. The van der Waals surface area contributed by atoms with Gasteiger partial charge in [-0.15, -0.1) is 0 Å². The number of nitrogens with one attached hydrogen (secondary N) is 1. The van der Waals surface area contributed by atoms with Crippen LogP contribution in [0, 0.1) is 0 Å². The lowest BCUT2D eigenvalue weighted by Crippen LogP contribution is -2.10. The fourth-order valence-corrected chi connectivity index (χ4v) is 1.73. The lowest BCUT2D eigenvalue weighted by molar-refractivity contribution is 0.0505. The minimum absolute atomic E-state index is 0.377. The van der Waals surface area contributed by atoms with E-state index in [1.165, 1.54) is 24.3 Å². The summed E-state index contributed by atoms with van der Waals surface area (Å²) in [7, 11) is -3.29. The first-order chi connectivity index (χ1) is 7.92. The van der Waals surface area contributed by atoms with Gasteiger partial charge in [0.05, 0.1) is 18.4 Å². The summed E-state index contributed by atoms with van der Waals surface area (Å²) in [4.78, 5) is 11.4. The monoisotopic (exact) mass is 257 g/mol. The fourth-order valence-electron chi connectivity index (χ4n) is 1.17. The number of hydrogen-bond donors (Lipinski definition) is 1. The van der Waals surface area contributed by atoms with Crippen molar-refractivity contribution in [3.63, 3.8) is 0 Å². The number of sulfonamides is 1. The van der Waals surface area contributed by atoms with Crippen molar-refractivity contribution in [2.75, 3.05) is 17.6 Å². The van der Waals surface area contributed by atoms with Crippen molar-refractivity contribution in [1.82, 2.24) is 0 Å². The third kappa shape index (κ3) is 4.86. The van der Waals surface area contributed by atoms with Crippen LogP contribution in [0.15, 0.2) is 24.3 Å². The summed E-state index contributed by atoms with van der Waals surface area (Å²) in [6, 6.07) is 6.07. The molecule has 0 saturated heterocycles. The number of ether oxygens (including phenoxy) is 1. The Labute approximate surface area is 101 Å². The number of carbonyl (C=O) groups is 1. The molecule has 0 aliphatic heterocycles. The maximum Gasteiger partial charge on any atom is 0.338 e. The van der Waals surface area contributed by atoms with Crippen LogP contribution in [-0.4, -0.2) is 27.2 Å². The van der Waals surface area contributed by atoms with Crippen molar-refractivity contribution in [2.24, 2.45) is 0 Å². The molecule has 0 saturated carbocycles. The average molecular weight is 257 g/mol. The standard InChI is InChI=1S/C11H15NO4S/c1-3-8-16-11(13)9-4-6-10(7-5-9)12-17(2,14)15/h4-7,12H,3,8H2,1-2H3. The molecule has 0 aliphatic carbocycles. The molecule has 0 radical (unpaired) electrons. The number of rotatable bonds is 5. The van der Waals surface area contributed by atoms with Crippen LogP contribution in [0.25, 0.3) is 0 Å². The lowest BCUT2D eigenvalue weighted by Gasteiger charge is -2.05. The van der Waals surface area contributed by atoms with E-state index in [4.69, 9.17) is 4.74 Å². The first kappa shape index (κ1) is 13.5. The molecule has 0 spiro atoms. The Morgan fingerprint density at radius 3 is 2.35 bits per heavy atom. The molecular formula is C11H15NO4S. The summed E-state index contributed by atoms with van der Waals surface area (Å²) in [5, 5.41) is 0. The van der Waals surface area contributed by atoms with E-state index in [2.05, 4.69) is 4.72 Å². The van der Waals surface area contributed by atoms with Gasteiger partial charge in [0.15, 0.2) is 0 Å². The Hall–Kier alpha value is -1.56. The zero-order valence-corrected chi connectivity index (χ0v) is 10.6. The highest BCUT2D eigenvalue weighted by molar-refractivity contribution is 7.92. The van der Waals surface area contributed by atoms with E-state index in [0.29, 0.717) is 17.9 Å². The van der Waals surface area contributed by atoms with Crippen molar-refractivity contribution >= 4 is 21.7 Å². The van der Waals surface area contributed by atoms with E-state index < -0.39 is 16.0 Å². The van der Waals surface area contributed by atoms with Crippen LogP contribution in [0.4, 0.5) is 5.69 Å². The van der Waals surface area contributed by atoms with E-state index in [-0.39, 0.29) is 0 Å². The Kier molecular flexibility index (Phi) is 4.51. The van der Waals surface area contributed by atoms with Crippen LogP contribution in [0.1, 0.15) is 23.7 Å². The van der Waals surface area contributed by atoms with Gasteiger partial charge in [0.2, 0.25) is 10.0 Å². The van der Waals surface area contributed by atoms with E-state index in [0.717, 1.165) is 12.7 Å². The van der Waals surface area contributed by atoms with Crippen LogP contribution in [0.2, 0.25) is 0 Å². The minimum atomic E-state index is -3.29. The van der Waals surface area contributed by atoms with Crippen LogP contribution >= 0.6 is 0 Å². The van der Waals surface area contributed by atoms with Crippen LogP contribution in [0.3, 0.4) is 0 Å². The first-order valence-electron chi connectivity index (χ1n) is 5.17. The predicted molar refractivity (Wildman–Crippen MR) is 65.5 cm³/mol. The quantitative estimate of drug-likeness (QED) is 0.814. The smallest absolute Gasteiger partial charge is 0.338 e. The summed E-state index contributed by atoms with van der Waals surface area (Å²) < 4.78 is 29.2. The average Bonchev–Trinajstić information content (AvgIpc) is 2.24. The van der Waals surface area contributed by atoms with Crippen LogP contribution in [-0.2, 0) is 14.8 Å². The van der Waals surface area contributed by atoms with Crippen molar-refractivity contribution < 1.29 is 17.9 Å². The van der Waals surface area contributed by atoms with Crippen molar-refractivity contribution in [3.8, 4) is 0 Å². The summed E-state index contributed by atoms with van der Waals surface area (Å²) >= 11 is 0. The van der Waals surface area contributed by atoms with Gasteiger partial charge < -0.3 is 4.74 Å². The van der Waals surface area contributed by atoms with E-state index in [9.17, 15) is 13.2 Å². The molecule has 1 aromatic rings. The number of esters is 1. The van der Waals surface area contributed by atoms with Gasteiger partial charge in [-0.1, -0.05) is 6.92 Å². The van der Waals surface area contributed by atoms with Crippen molar-refractivity contribution in [3.05, 3.63) is 29.8 Å². The molecule has 6 heteroatoms. The maximum atomic E-state index is 11.4. The lowest BCUT2D eigenvalue weighted by atomic mass is 10.2. The molecule has 0 aromatic heterocycles. The molecule has 17 heavy (non-hydrogen) atoms. The van der Waals surface area contributed by atoms with Gasteiger partial charge in [-0.25, -0.2) is 13.2 Å². The molecule has 0 atom stereocenters. The number of carbonyl (C=O) groups excluding carboxylic acids is 1. The third-order valence-corrected chi connectivity index (χ3v) is 2.47. The second kappa shape index (κ2) is 5.67. The Morgan fingerprint density at radius 2 is 1.88 bits per heavy atom. The first-order valence-corrected chi connectivity index (χ1v) is 7.06. The largest absolute Gasteiger partial charge is 0.462 e. The molecular weight excluding hydrogens is 242 g/mol. The van der Waals surface area contributed by atoms with Gasteiger partial charge in [-0.05, 0) is 30.7 Å². The van der Waals surface area contributed by atoms with Gasteiger partial charge in [-0.2, -0.15) is 0 Å². The molecule has 1 aromatic carbocycles. The Bertz CT molecular complexity index is 479. The maximum absolute atomic E-state index is 11.4. The minimum Gasteiger partial charge on any atom is -0.462 e. The highest BCUT2D eigenvalue weighted by Gasteiger charge is 2.07. The zero-order chi connectivity index (χ0) is 12.9. The molecule has 94 valence electrons. The zero-order valence-electron chi connectivity index (χ0n) is 9.76. The summed E-state index contributed by atoms with van der Waals surface area (Å²) in [6.07, 6.45) is 1.83. The second-order valence-corrected chi connectivity index (χ2v) is 5.34. The van der Waals surface area contributed by atoms with Crippen LogP contribution < -0.4 is 4.72 Å². The summed E-state index contributed by atoms with van der Waals surface area (Å²) in [5.41, 5.74) is 0.817. The van der Waals surface area contributed by atoms with Crippen LogP contribution in [0.5, 0.6) is 0 Å². The van der Waals surface area contributed by atoms with E-state index in [1.54, 1.807) is 0 Å². The summed E-state index contributed by atoms with van der Waals surface area (Å²) in [5.74, 6) is -0.405. The van der Waals surface area contributed by atoms with E-state index in [1.807, 2.05) is 6.92 Å². The van der Waals surface area contributed by atoms with E-state index >= 15 is 0 Å². The molecule has 0 bridgehead atoms. The highest BCUT2D eigenvalue weighted by Crippen LogP contribution is 2.11. The summed E-state index contributed by atoms with van der Waals surface area (Å²) in [6.45, 7) is 2.29. The normalized spacial score (nSPS) is 10.9. The van der Waals surface area contributed by atoms with Gasteiger partial charge in [0, 0.05) is 5.69 Å². The van der Waals surface area contributed by atoms with Crippen molar-refractivity contribution in [1.29, 1.82) is 0 Å². The molecule has 0 unspecified atom stereocenters. The highest BCUT2D eigenvalue weighted by atomic mass is 32.2. The van der Waals surface area contributed by atoms with Gasteiger partial charge in [-0.3, -0.25) is 4.72 Å². The Morgan fingerprint density at radius 1 is 1.29 bits per heavy atom. The van der Waals surface area contributed by atoms with Crippen molar-refractivity contribution in [2.45, 2.75) is 13.3 Å². The van der Waals surface area contributed by atoms with Gasteiger partial charge in [0.1, 0.15) is 0 Å². The third-order valence-electron chi connectivity index (χ3n) is 1.86. The molecule has 1 N–H and O–H groups in total. The fraction of sp³-hybridized carbons (Fsp3) is 0.364. The molecule has 0 fully saturated rings.